The van der Waals surface area contributed by atoms with Gasteiger partial charge < -0.3 is 19.4 Å². The van der Waals surface area contributed by atoms with Crippen LogP contribution < -0.4 is 14.5 Å². The van der Waals surface area contributed by atoms with E-state index in [0.29, 0.717) is 38.3 Å². The maximum atomic E-state index is 12.8. The van der Waals surface area contributed by atoms with Crippen molar-refractivity contribution in [3.8, 4) is 6.01 Å². The molecule has 0 spiro atoms. The van der Waals surface area contributed by atoms with Crippen molar-refractivity contribution in [2.75, 3.05) is 56.2 Å². The Hall–Kier alpha value is -3.72. The molecule has 3 heterocycles. The Bertz CT molecular complexity index is 1710. The molecular weight excluding hydrogens is 586 g/mol. The molecule has 10 nitrogen and oxygen atoms in total. The molecular formula is C34H43N7O3S. The number of sulfonamides is 1. The summed E-state index contributed by atoms with van der Waals surface area (Å²) in [6.45, 7) is 18.4. The van der Waals surface area contributed by atoms with Crippen LogP contribution >= 0.6 is 0 Å². The molecule has 6 rings (SSSR count). The molecule has 3 aromatic rings. The smallest absolute Gasteiger partial charge is 0.318 e. The Kier molecular flexibility index (Phi) is 9.00. The van der Waals surface area contributed by atoms with Gasteiger partial charge in [0.2, 0.25) is 16.6 Å². The van der Waals surface area contributed by atoms with Crippen LogP contribution in [0.2, 0.25) is 0 Å². The zero-order valence-electron chi connectivity index (χ0n) is 26.5. The van der Waals surface area contributed by atoms with Gasteiger partial charge in [0, 0.05) is 60.3 Å². The van der Waals surface area contributed by atoms with Crippen molar-refractivity contribution in [3.05, 3.63) is 76.6 Å². The third kappa shape index (κ3) is 6.24. The van der Waals surface area contributed by atoms with Gasteiger partial charge in [0.05, 0.1) is 12.2 Å². The molecule has 2 atom stereocenters. The zero-order chi connectivity index (χ0) is 31.7. The molecule has 2 aromatic carbocycles. The zero-order valence-corrected chi connectivity index (χ0v) is 27.3. The lowest BCUT2D eigenvalue weighted by Crippen LogP contribution is -2.56. The quantitative estimate of drug-likeness (QED) is 0.300. The Morgan fingerprint density at radius 3 is 2.64 bits per heavy atom. The van der Waals surface area contributed by atoms with E-state index in [2.05, 4.69) is 83.4 Å². The molecule has 2 aliphatic heterocycles. The second-order valence-corrected chi connectivity index (χ2v) is 14.4. The number of nitrogens with zero attached hydrogens (tertiary/aromatic N) is 7. The average molecular weight is 630 g/mol. The average Bonchev–Trinajstić information content (AvgIpc) is 3.02. The van der Waals surface area contributed by atoms with Crippen LogP contribution in [0.25, 0.3) is 15.6 Å². The standard InChI is InChI=1S/C34H43N7O3S/c1-6-45(42,43)41-19-18-40(21-28(41)20-35-4)33-29-16-17-39(31-15-8-12-26-11-7-10-24(2)32(26)31)22-30(29)36-34(37-33)44-23-25(3)38(5)27-13-9-14-27/h6-8,10-12,15,25,27-28H,1,9,13-14,16-23H2,2-3,5H3/t25-,28-/m0/s1. The van der Waals surface area contributed by atoms with E-state index in [0.717, 1.165) is 35.4 Å². The van der Waals surface area contributed by atoms with Gasteiger partial charge >= 0.3 is 6.01 Å². The molecule has 0 N–H and O–H groups in total. The molecule has 0 radical (unpaired) electrons. The summed E-state index contributed by atoms with van der Waals surface area (Å²) >= 11 is 0. The summed E-state index contributed by atoms with van der Waals surface area (Å²) in [6.07, 6.45) is 4.47. The van der Waals surface area contributed by atoms with Crippen molar-refractivity contribution < 1.29 is 13.2 Å². The first-order valence-electron chi connectivity index (χ1n) is 15.9. The predicted octanol–water partition coefficient (Wildman–Crippen LogP) is 4.64. The van der Waals surface area contributed by atoms with Gasteiger partial charge in [-0.15, -0.1) is 0 Å². The third-order valence-corrected chi connectivity index (χ3v) is 11.4. The minimum atomic E-state index is -3.66. The fourth-order valence-corrected chi connectivity index (χ4v) is 7.95. The largest absolute Gasteiger partial charge is 0.462 e. The second kappa shape index (κ2) is 12.9. The lowest BCUT2D eigenvalue weighted by Gasteiger charge is -2.40. The molecule has 2 fully saturated rings. The molecule has 1 saturated heterocycles. The summed E-state index contributed by atoms with van der Waals surface area (Å²) in [6, 6.07) is 13.5. The lowest BCUT2D eigenvalue weighted by atomic mass is 9.91. The highest BCUT2D eigenvalue weighted by Gasteiger charge is 2.38. The lowest BCUT2D eigenvalue weighted by molar-refractivity contribution is 0.0842. The van der Waals surface area contributed by atoms with Gasteiger partial charge in [0.15, 0.2) is 0 Å². The summed E-state index contributed by atoms with van der Waals surface area (Å²) in [4.78, 5) is 20.4. The first kappa shape index (κ1) is 31.3. The summed E-state index contributed by atoms with van der Waals surface area (Å²) in [5.41, 5.74) is 4.42. The van der Waals surface area contributed by atoms with Crippen molar-refractivity contribution in [2.45, 2.75) is 64.2 Å². The molecule has 1 aromatic heterocycles. The molecule has 1 aliphatic carbocycles. The Morgan fingerprint density at radius 2 is 1.93 bits per heavy atom. The second-order valence-electron chi connectivity index (χ2n) is 12.5. The first-order valence-corrected chi connectivity index (χ1v) is 17.4. The molecule has 0 amide bonds. The van der Waals surface area contributed by atoms with E-state index in [1.54, 1.807) is 0 Å². The van der Waals surface area contributed by atoms with Crippen molar-refractivity contribution in [3.63, 3.8) is 0 Å². The minimum Gasteiger partial charge on any atom is -0.462 e. The molecule has 0 unspecified atom stereocenters. The highest BCUT2D eigenvalue weighted by Crippen LogP contribution is 2.36. The van der Waals surface area contributed by atoms with Gasteiger partial charge in [0.25, 0.3) is 0 Å². The number of likely N-dealkylation sites (N-methyl/N-ethyl adjacent to an activating group) is 1. The van der Waals surface area contributed by atoms with Crippen molar-refractivity contribution >= 4 is 32.3 Å². The number of anilines is 2. The molecule has 0 bridgehead atoms. The number of aryl methyl sites for hydroxylation is 1. The van der Waals surface area contributed by atoms with Crippen molar-refractivity contribution in [1.82, 2.24) is 19.2 Å². The Balaban J connectivity index is 1.33. The first-order chi connectivity index (χ1) is 21.7. The van der Waals surface area contributed by atoms with Gasteiger partial charge in [0.1, 0.15) is 18.5 Å². The Labute approximate surface area is 267 Å². The monoisotopic (exact) mass is 629 g/mol. The van der Waals surface area contributed by atoms with E-state index in [4.69, 9.17) is 21.3 Å². The number of aromatic nitrogens is 2. The maximum absolute atomic E-state index is 12.8. The number of fused-ring (bicyclic) bond motifs is 2. The summed E-state index contributed by atoms with van der Waals surface area (Å²) < 4.78 is 33.3. The summed E-state index contributed by atoms with van der Waals surface area (Å²) in [7, 11) is -1.49. The van der Waals surface area contributed by atoms with E-state index in [1.165, 1.54) is 45.6 Å². The number of piperazine rings is 1. The van der Waals surface area contributed by atoms with Crippen LogP contribution in [-0.4, -0.2) is 92.1 Å². The number of hydrogen-bond acceptors (Lipinski definition) is 8. The van der Waals surface area contributed by atoms with Crippen LogP contribution in [0.5, 0.6) is 6.01 Å². The number of rotatable bonds is 10. The number of ether oxygens (including phenoxy) is 1. The van der Waals surface area contributed by atoms with Crippen LogP contribution in [0, 0.1) is 13.5 Å². The van der Waals surface area contributed by atoms with Gasteiger partial charge in [-0.3, -0.25) is 4.90 Å². The highest BCUT2D eigenvalue weighted by atomic mass is 32.2. The maximum Gasteiger partial charge on any atom is 0.318 e. The van der Waals surface area contributed by atoms with Gasteiger partial charge in [-0.2, -0.15) is 14.3 Å². The van der Waals surface area contributed by atoms with Crippen LogP contribution in [-0.2, 0) is 23.0 Å². The topological polar surface area (TPSA) is 86.5 Å². The van der Waals surface area contributed by atoms with E-state index < -0.39 is 16.1 Å². The fourth-order valence-electron chi connectivity index (χ4n) is 6.87. The third-order valence-electron chi connectivity index (χ3n) is 9.82. The minimum absolute atomic E-state index is 0.0689. The van der Waals surface area contributed by atoms with Crippen LogP contribution in [0.4, 0.5) is 11.5 Å². The Morgan fingerprint density at radius 1 is 1.16 bits per heavy atom. The normalized spacial score (nSPS) is 20.0. The van der Waals surface area contributed by atoms with Crippen LogP contribution in [0.1, 0.15) is 43.0 Å². The molecule has 1 saturated carbocycles. The van der Waals surface area contributed by atoms with Crippen LogP contribution in [0.15, 0.2) is 48.4 Å². The highest BCUT2D eigenvalue weighted by molar-refractivity contribution is 7.92. The fraction of sp³-hybridized carbons (Fsp3) is 0.500. The predicted molar refractivity (Wildman–Crippen MR) is 179 cm³/mol. The number of benzene rings is 2. The van der Waals surface area contributed by atoms with E-state index in [1.807, 2.05) is 0 Å². The molecule has 3 aliphatic rings. The SMILES string of the molecule is [C-]#[N+]C[C@H]1CN(c2nc(OC[C@H](C)N(C)C3CCC3)nc3c2CCN(c2cccc4cccc(C)c24)C3)CCN1S(=O)(=O)C=C. The number of hydrogen-bond donors (Lipinski definition) is 0. The van der Waals surface area contributed by atoms with E-state index in [-0.39, 0.29) is 19.1 Å². The van der Waals surface area contributed by atoms with Gasteiger partial charge in [-0.1, -0.05) is 43.3 Å². The van der Waals surface area contributed by atoms with Crippen molar-refractivity contribution in [1.29, 1.82) is 0 Å². The summed E-state index contributed by atoms with van der Waals surface area (Å²) in [5, 5.41) is 3.45. The molecule has 238 valence electrons. The van der Waals surface area contributed by atoms with Gasteiger partial charge in [-0.25, -0.2) is 15.0 Å². The van der Waals surface area contributed by atoms with Gasteiger partial charge in [-0.05, 0) is 57.2 Å². The van der Waals surface area contributed by atoms with E-state index in [9.17, 15) is 8.42 Å². The molecule has 45 heavy (non-hydrogen) atoms. The summed E-state index contributed by atoms with van der Waals surface area (Å²) in [5.74, 6) is 0.786. The molecule has 11 heteroatoms. The van der Waals surface area contributed by atoms with E-state index >= 15 is 0 Å². The van der Waals surface area contributed by atoms with Crippen LogP contribution in [0.3, 0.4) is 0 Å². The van der Waals surface area contributed by atoms with Crippen molar-refractivity contribution in [2.24, 2.45) is 0 Å².